The van der Waals surface area contributed by atoms with Gasteiger partial charge in [0.1, 0.15) is 11.9 Å². The molecule has 0 bridgehead atoms. The molecule has 1 unspecified atom stereocenters. The molecule has 2 N–H and O–H groups in total. The normalized spacial score (nSPS) is 16.6. The van der Waals surface area contributed by atoms with Crippen LogP contribution in [-0.2, 0) is 11.0 Å². The van der Waals surface area contributed by atoms with Crippen LogP contribution in [0.1, 0.15) is 32.3 Å². The van der Waals surface area contributed by atoms with Crippen molar-refractivity contribution in [3.63, 3.8) is 0 Å². The van der Waals surface area contributed by atoms with Crippen LogP contribution in [-0.4, -0.2) is 47.0 Å². The zero-order chi connectivity index (χ0) is 23.4. The number of nitrogens with one attached hydrogen (secondary N) is 2. The summed E-state index contributed by atoms with van der Waals surface area (Å²) >= 11 is 0. The average Bonchev–Trinajstić information content (AvgIpc) is 3.25. The van der Waals surface area contributed by atoms with Crippen LogP contribution in [0.3, 0.4) is 0 Å². The highest BCUT2D eigenvalue weighted by molar-refractivity contribution is 5.79. The number of anilines is 1. The van der Waals surface area contributed by atoms with Crippen molar-refractivity contribution >= 4 is 11.7 Å². The molecule has 1 aromatic carbocycles. The van der Waals surface area contributed by atoms with Gasteiger partial charge in [-0.15, -0.1) is 0 Å². The van der Waals surface area contributed by atoms with E-state index in [-0.39, 0.29) is 18.5 Å². The zero-order valence-electron chi connectivity index (χ0n) is 18.0. The predicted octanol–water partition coefficient (Wildman–Crippen LogP) is 4.06. The standard InChI is InChI=1S/C23H26F3N5O/c1-22(2,30-14-21(32)31-11-3-4-19(31)12-27)15-29-20-10-7-17(13-28-20)16-5-8-18(9-6-16)23(24,25)26/h5-10,13,19,30H,3-4,11,14-15H2,1-2H3,(H,28,29). The summed E-state index contributed by atoms with van der Waals surface area (Å²) < 4.78 is 38.1. The third-order valence-corrected chi connectivity index (χ3v) is 5.46. The molecule has 6 nitrogen and oxygen atoms in total. The summed E-state index contributed by atoms with van der Waals surface area (Å²) in [4.78, 5) is 18.4. The second-order valence-corrected chi connectivity index (χ2v) is 8.47. The highest BCUT2D eigenvalue weighted by Crippen LogP contribution is 2.31. The van der Waals surface area contributed by atoms with Crippen molar-refractivity contribution in [2.24, 2.45) is 0 Å². The van der Waals surface area contributed by atoms with Gasteiger partial charge in [0, 0.05) is 30.4 Å². The van der Waals surface area contributed by atoms with Gasteiger partial charge in [-0.3, -0.25) is 4.79 Å². The maximum Gasteiger partial charge on any atom is 0.416 e. The van der Waals surface area contributed by atoms with Gasteiger partial charge >= 0.3 is 6.18 Å². The number of nitriles is 1. The number of halogens is 3. The van der Waals surface area contributed by atoms with Gasteiger partial charge in [0.2, 0.25) is 5.91 Å². The first-order chi connectivity index (χ1) is 15.1. The van der Waals surface area contributed by atoms with Gasteiger partial charge in [0.25, 0.3) is 0 Å². The van der Waals surface area contributed by atoms with Crippen molar-refractivity contribution in [1.29, 1.82) is 5.26 Å². The number of rotatable bonds is 7. The van der Waals surface area contributed by atoms with Crippen LogP contribution in [0.5, 0.6) is 0 Å². The van der Waals surface area contributed by atoms with E-state index < -0.39 is 17.3 Å². The van der Waals surface area contributed by atoms with E-state index in [0.29, 0.717) is 30.0 Å². The Labute approximate surface area is 185 Å². The van der Waals surface area contributed by atoms with Crippen molar-refractivity contribution in [2.45, 2.75) is 44.4 Å². The highest BCUT2D eigenvalue weighted by atomic mass is 19.4. The lowest BCUT2D eigenvalue weighted by atomic mass is 10.0. The number of carbonyl (C=O) groups is 1. The molecule has 3 rings (SSSR count). The number of benzene rings is 1. The summed E-state index contributed by atoms with van der Waals surface area (Å²) in [5.74, 6) is 0.534. The predicted molar refractivity (Wildman–Crippen MR) is 116 cm³/mol. The number of nitrogens with zero attached hydrogens (tertiary/aromatic N) is 3. The molecule has 0 radical (unpaired) electrons. The number of hydrogen-bond acceptors (Lipinski definition) is 5. The zero-order valence-corrected chi connectivity index (χ0v) is 18.0. The minimum Gasteiger partial charge on any atom is -0.368 e. The maximum atomic E-state index is 12.7. The van der Waals surface area contributed by atoms with E-state index >= 15 is 0 Å². The Morgan fingerprint density at radius 2 is 1.88 bits per heavy atom. The van der Waals surface area contributed by atoms with E-state index in [4.69, 9.17) is 5.26 Å². The molecule has 1 amide bonds. The fourth-order valence-corrected chi connectivity index (χ4v) is 3.51. The summed E-state index contributed by atoms with van der Waals surface area (Å²) in [7, 11) is 0. The average molecular weight is 445 g/mol. The third kappa shape index (κ3) is 5.98. The lowest BCUT2D eigenvalue weighted by Crippen LogP contribution is -2.50. The largest absolute Gasteiger partial charge is 0.416 e. The van der Waals surface area contributed by atoms with E-state index in [1.165, 1.54) is 12.1 Å². The van der Waals surface area contributed by atoms with Crippen LogP contribution in [0.15, 0.2) is 42.6 Å². The smallest absolute Gasteiger partial charge is 0.368 e. The molecule has 1 saturated heterocycles. The monoisotopic (exact) mass is 445 g/mol. The van der Waals surface area contributed by atoms with E-state index in [9.17, 15) is 18.0 Å². The lowest BCUT2D eigenvalue weighted by Gasteiger charge is -2.28. The molecule has 2 heterocycles. The quantitative estimate of drug-likeness (QED) is 0.672. The van der Waals surface area contributed by atoms with Crippen LogP contribution in [0.2, 0.25) is 0 Å². The molecule has 1 atom stereocenters. The summed E-state index contributed by atoms with van der Waals surface area (Å²) in [5.41, 5.74) is 0.263. The molecular weight excluding hydrogens is 419 g/mol. The fraction of sp³-hybridized carbons (Fsp3) is 0.435. The molecule has 2 aromatic rings. The summed E-state index contributed by atoms with van der Waals surface area (Å²) in [6.45, 7) is 5.17. The van der Waals surface area contributed by atoms with Crippen molar-refractivity contribution in [3.8, 4) is 17.2 Å². The van der Waals surface area contributed by atoms with E-state index in [1.54, 1.807) is 23.2 Å². The van der Waals surface area contributed by atoms with Crippen LogP contribution in [0.4, 0.5) is 19.0 Å². The Balaban J connectivity index is 1.52. The Morgan fingerprint density at radius 3 is 2.47 bits per heavy atom. The molecule has 1 aliphatic heterocycles. The Morgan fingerprint density at radius 1 is 1.19 bits per heavy atom. The molecule has 1 aromatic heterocycles. The number of likely N-dealkylation sites (tertiary alicyclic amines) is 1. The molecule has 32 heavy (non-hydrogen) atoms. The summed E-state index contributed by atoms with van der Waals surface area (Å²) in [6.07, 6.45) is -1.18. The Bertz CT molecular complexity index is 965. The Hall–Kier alpha value is -3.12. The molecule has 170 valence electrons. The second-order valence-electron chi connectivity index (χ2n) is 8.47. The second kappa shape index (κ2) is 9.57. The minimum atomic E-state index is -4.36. The number of alkyl halides is 3. The Kier molecular flexibility index (Phi) is 7.04. The van der Waals surface area contributed by atoms with E-state index in [0.717, 1.165) is 25.0 Å². The summed E-state index contributed by atoms with van der Waals surface area (Å²) in [5, 5.41) is 15.6. The maximum absolute atomic E-state index is 12.7. The van der Waals surface area contributed by atoms with E-state index in [1.807, 2.05) is 13.8 Å². The molecule has 0 spiro atoms. The number of hydrogen-bond donors (Lipinski definition) is 2. The van der Waals surface area contributed by atoms with Gasteiger partial charge in [0.15, 0.2) is 0 Å². The minimum absolute atomic E-state index is 0.0823. The molecule has 9 heteroatoms. The first kappa shape index (κ1) is 23.5. The van der Waals surface area contributed by atoms with Gasteiger partial charge in [0.05, 0.1) is 18.2 Å². The number of amides is 1. The van der Waals surface area contributed by atoms with Gasteiger partial charge in [-0.2, -0.15) is 18.4 Å². The van der Waals surface area contributed by atoms with Crippen molar-refractivity contribution < 1.29 is 18.0 Å². The van der Waals surface area contributed by atoms with Crippen LogP contribution >= 0.6 is 0 Å². The van der Waals surface area contributed by atoms with Crippen LogP contribution in [0, 0.1) is 11.3 Å². The van der Waals surface area contributed by atoms with E-state index in [2.05, 4.69) is 21.7 Å². The summed E-state index contributed by atoms with van der Waals surface area (Å²) in [6, 6.07) is 10.3. The highest BCUT2D eigenvalue weighted by Gasteiger charge is 2.30. The van der Waals surface area contributed by atoms with Crippen LogP contribution < -0.4 is 10.6 Å². The van der Waals surface area contributed by atoms with Gasteiger partial charge in [-0.25, -0.2) is 4.98 Å². The first-order valence-corrected chi connectivity index (χ1v) is 10.4. The van der Waals surface area contributed by atoms with Crippen LogP contribution in [0.25, 0.3) is 11.1 Å². The SMILES string of the molecule is CC(C)(CNc1ccc(-c2ccc(C(F)(F)F)cc2)cn1)NCC(=O)N1CCCC1C#N. The van der Waals surface area contributed by atoms with Gasteiger partial charge in [-0.05, 0) is 56.5 Å². The molecule has 0 saturated carbocycles. The number of pyridine rings is 1. The van der Waals surface area contributed by atoms with Gasteiger partial charge < -0.3 is 15.5 Å². The first-order valence-electron chi connectivity index (χ1n) is 10.4. The molecule has 1 fully saturated rings. The molecular formula is C23H26F3N5O. The van der Waals surface area contributed by atoms with Crippen molar-refractivity contribution in [1.82, 2.24) is 15.2 Å². The molecule has 1 aliphatic rings. The third-order valence-electron chi connectivity index (χ3n) is 5.46. The topological polar surface area (TPSA) is 81.1 Å². The fourth-order valence-electron chi connectivity index (χ4n) is 3.51. The molecule has 0 aliphatic carbocycles. The lowest BCUT2D eigenvalue weighted by molar-refractivity contribution is -0.137. The van der Waals surface area contributed by atoms with Crippen molar-refractivity contribution in [3.05, 3.63) is 48.2 Å². The number of aromatic nitrogens is 1. The number of carbonyl (C=O) groups excluding carboxylic acids is 1. The van der Waals surface area contributed by atoms with Gasteiger partial charge in [-0.1, -0.05) is 12.1 Å². The van der Waals surface area contributed by atoms with Crippen molar-refractivity contribution in [2.75, 3.05) is 25.0 Å².